The maximum atomic E-state index is 13.3. The molecule has 2 heterocycles. The van der Waals surface area contributed by atoms with Gasteiger partial charge in [0.1, 0.15) is 5.82 Å². The fourth-order valence-corrected chi connectivity index (χ4v) is 2.68. The second-order valence-corrected chi connectivity index (χ2v) is 5.21. The number of hydrogen-bond acceptors (Lipinski definition) is 2. The predicted octanol–water partition coefficient (Wildman–Crippen LogP) is 3.98. The minimum atomic E-state index is -4.52. The van der Waals surface area contributed by atoms with Crippen LogP contribution in [0.2, 0.25) is 0 Å². The molecule has 1 N–H and O–H groups in total. The molecule has 0 spiro atoms. The van der Waals surface area contributed by atoms with Crippen molar-refractivity contribution in [2.45, 2.75) is 12.7 Å². The van der Waals surface area contributed by atoms with E-state index >= 15 is 0 Å². The van der Waals surface area contributed by atoms with Crippen molar-refractivity contribution < 1.29 is 13.2 Å². The van der Waals surface area contributed by atoms with Crippen LogP contribution in [0.5, 0.6) is 0 Å². The molecule has 0 aliphatic carbocycles. The molecule has 2 aromatic carbocycles. The summed E-state index contributed by atoms with van der Waals surface area (Å²) in [5.41, 5.74) is 2.26. The fraction of sp³-hybridized carbons (Fsp3) is 0.125. The van der Waals surface area contributed by atoms with Gasteiger partial charge in [0.25, 0.3) is 0 Å². The van der Waals surface area contributed by atoms with E-state index in [-0.39, 0.29) is 6.54 Å². The zero-order valence-corrected chi connectivity index (χ0v) is 11.8. The summed E-state index contributed by atoms with van der Waals surface area (Å²) in [5.74, 6) is -0.459. The van der Waals surface area contributed by atoms with Crippen molar-refractivity contribution in [1.29, 1.82) is 0 Å². The van der Waals surface area contributed by atoms with E-state index in [1.54, 1.807) is 24.3 Å². The molecule has 0 radical (unpaired) electrons. The van der Waals surface area contributed by atoms with E-state index in [0.717, 1.165) is 15.6 Å². The summed E-state index contributed by atoms with van der Waals surface area (Å²) in [6, 6.07) is 13.9. The molecular formula is C16H11F3N4. The predicted molar refractivity (Wildman–Crippen MR) is 79.9 cm³/mol. The molecule has 7 heteroatoms. The molecule has 116 valence electrons. The summed E-state index contributed by atoms with van der Waals surface area (Å²) in [4.78, 5) is 11.1. The van der Waals surface area contributed by atoms with Crippen LogP contribution < -0.4 is 0 Å². The molecule has 0 saturated carbocycles. The van der Waals surface area contributed by atoms with Gasteiger partial charge in [-0.15, -0.1) is 0 Å². The summed E-state index contributed by atoms with van der Waals surface area (Å²) < 4.78 is 41.0. The van der Waals surface area contributed by atoms with E-state index in [1.165, 1.54) is 0 Å². The van der Waals surface area contributed by atoms with Gasteiger partial charge in [0.05, 0.1) is 28.6 Å². The van der Waals surface area contributed by atoms with Crippen LogP contribution >= 0.6 is 0 Å². The van der Waals surface area contributed by atoms with Gasteiger partial charge in [0.2, 0.25) is 5.82 Å². The number of alkyl halides is 3. The number of rotatable bonds is 2. The Balaban J connectivity index is 1.87. The van der Waals surface area contributed by atoms with Crippen molar-refractivity contribution in [3.8, 4) is 0 Å². The lowest BCUT2D eigenvalue weighted by Gasteiger charge is -2.09. The van der Waals surface area contributed by atoms with Gasteiger partial charge < -0.3 is 9.55 Å². The molecule has 0 fully saturated rings. The normalized spacial score (nSPS) is 12.3. The number of nitrogens with zero attached hydrogens (tertiary/aromatic N) is 3. The standard InChI is InChI=1S/C16H11F3N4/c17-16(18,19)15-22-12-7-3-4-8-13(12)23(15)9-14-20-10-5-1-2-6-11(10)21-14/h1-8H,9H2,(H,20,21). The van der Waals surface area contributed by atoms with Gasteiger partial charge in [-0.3, -0.25) is 0 Å². The highest BCUT2D eigenvalue weighted by molar-refractivity contribution is 5.77. The Bertz CT molecular complexity index is 964. The van der Waals surface area contributed by atoms with Gasteiger partial charge >= 0.3 is 6.18 Å². The number of benzene rings is 2. The Morgan fingerprint density at radius 3 is 2.35 bits per heavy atom. The highest BCUT2D eigenvalue weighted by Crippen LogP contribution is 2.31. The molecule has 0 aliphatic rings. The lowest BCUT2D eigenvalue weighted by molar-refractivity contribution is -0.146. The first-order valence-electron chi connectivity index (χ1n) is 6.98. The third kappa shape index (κ3) is 2.34. The quantitative estimate of drug-likeness (QED) is 0.608. The van der Waals surface area contributed by atoms with Crippen LogP contribution in [0.3, 0.4) is 0 Å². The first kappa shape index (κ1) is 13.8. The van der Waals surface area contributed by atoms with E-state index in [1.807, 2.05) is 24.3 Å². The smallest absolute Gasteiger partial charge is 0.340 e. The molecule has 23 heavy (non-hydrogen) atoms. The SMILES string of the molecule is FC(F)(F)c1nc2ccccc2n1Cc1nc2ccccc2[nH]1. The van der Waals surface area contributed by atoms with Gasteiger partial charge in [0, 0.05) is 0 Å². The topological polar surface area (TPSA) is 46.5 Å². The summed E-state index contributed by atoms with van der Waals surface area (Å²) in [7, 11) is 0. The molecular weight excluding hydrogens is 305 g/mol. The minimum Gasteiger partial charge on any atom is -0.340 e. The van der Waals surface area contributed by atoms with Gasteiger partial charge in [-0.2, -0.15) is 13.2 Å². The maximum Gasteiger partial charge on any atom is 0.449 e. The number of hydrogen-bond donors (Lipinski definition) is 1. The van der Waals surface area contributed by atoms with Crippen molar-refractivity contribution in [2.24, 2.45) is 0 Å². The van der Waals surface area contributed by atoms with Crippen LogP contribution in [0.4, 0.5) is 13.2 Å². The Morgan fingerprint density at radius 1 is 0.913 bits per heavy atom. The summed E-state index contributed by atoms with van der Waals surface area (Å²) in [5, 5.41) is 0. The summed E-state index contributed by atoms with van der Waals surface area (Å²) in [6.07, 6.45) is -4.52. The average Bonchev–Trinajstić information content (AvgIpc) is 3.08. The second kappa shape index (κ2) is 4.84. The Kier molecular flexibility index (Phi) is 2.90. The van der Waals surface area contributed by atoms with Crippen molar-refractivity contribution >= 4 is 22.1 Å². The zero-order chi connectivity index (χ0) is 16.0. The second-order valence-electron chi connectivity index (χ2n) is 5.21. The number of H-pyrrole nitrogens is 1. The summed E-state index contributed by atoms with van der Waals surface area (Å²) in [6.45, 7) is -0.0238. The molecule has 2 aromatic heterocycles. The largest absolute Gasteiger partial charge is 0.449 e. The average molecular weight is 316 g/mol. The third-order valence-corrected chi connectivity index (χ3v) is 3.65. The molecule has 0 aliphatic heterocycles. The Hall–Kier alpha value is -2.83. The van der Waals surface area contributed by atoms with Crippen LogP contribution in [0, 0.1) is 0 Å². The number of fused-ring (bicyclic) bond motifs is 2. The highest BCUT2D eigenvalue weighted by atomic mass is 19.4. The molecule has 0 saturated heterocycles. The van der Waals surface area contributed by atoms with Gasteiger partial charge in [0.15, 0.2) is 0 Å². The number of aromatic amines is 1. The van der Waals surface area contributed by atoms with E-state index in [9.17, 15) is 13.2 Å². The molecule has 0 bridgehead atoms. The molecule has 0 atom stereocenters. The van der Waals surface area contributed by atoms with Crippen molar-refractivity contribution in [2.75, 3.05) is 0 Å². The maximum absolute atomic E-state index is 13.3. The Morgan fingerprint density at radius 2 is 1.61 bits per heavy atom. The molecule has 0 amide bonds. The Labute approximate surface area is 128 Å². The fourth-order valence-electron chi connectivity index (χ4n) is 2.68. The monoisotopic (exact) mass is 316 g/mol. The lowest BCUT2D eigenvalue weighted by Crippen LogP contribution is -2.16. The first-order chi connectivity index (χ1) is 11.0. The van der Waals surface area contributed by atoms with Gasteiger partial charge in [-0.05, 0) is 24.3 Å². The number of halogens is 3. The van der Waals surface area contributed by atoms with Gasteiger partial charge in [-0.25, -0.2) is 9.97 Å². The van der Waals surface area contributed by atoms with E-state index in [2.05, 4.69) is 15.0 Å². The van der Waals surface area contributed by atoms with E-state index in [0.29, 0.717) is 16.9 Å². The highest BCUT2D eigenvalue weighted by Gasteiger charge is 2.37. The van der Waals surface area contributed by atoms with Crippen LogP contribution in [0.25, 0.3) is 22.1 Å². The number of nitrogens with one attached hydrogen (secondary N) is 1. The van der Waals surface area contributed by atoms with Crippen molar-refractivity contribution in [3.63, 3.8) is 0 Å². The van der Waals surface area contributed by atoms with Crippen molar-refractivity contribution in [3.05, 3.63) is 60.2 Å². The first-order valence-corrected chi connectivity index (χ1v) is 6.98. The molecule has 4 nitrogen and oxygen atoms in total. The van der Waals surface area contributed by atoms with E-state index in [4.69, 9.17) is 0 Å². The van der Waals surface area contributed by atoms with Crippen LogP contribution in [-0.2, 0) is 12.7 Å². The lowest BCUT2D eigenvalue weighted by atomic mass is 10.3. The van der Waals surface area contributed by atoms with Crippen LogP contribution in [-0.4, -0.2) is 19.5 Å². The van der Waals surface area contributed by atoms with E-state index < -0.39 is 12.0 Å². The number of imidazole rings is 2. The van der Waals surface area contributed by atoms with Gasteiger partial charge in [-0.1, -0.05) is 24.3 Å². The molecule has 4 aromatic rings. The number of aromatic nitrogens is 4. The van der Waals surface area contributed by atoms with Crippen LogP contribution in [0.1, 0.15) is 11.6 Å². The number of para-hydroxylation sites is 4. The van der Waals surface area contributed by atoms with Crippen molar-refractivity contribution in [1.82, 2.24) is 19.5 Å². The third-order valence-electron chi connectivity index (χ3n) is 3.65. The molecule has 0 unspecified atom stereocenters. The zero-order valence-electron chi connectivity index (χ0n) is 11.8. The summed E-state index contributed by atoms with van der Waals surface area (Å²) >= 11 is 0. The minimum absolute atomic E-state index is 0.0238. The van der Waals surface area contributed by atoms with Crippen LogP contribution in [0.15, 0.2) is 48.5 Å². The molecule has 4 rings (SSSR count).